The molecule has 0 aliphatic heterocycles. The maximum absolute atomic E-state index is 4.09. The van der Waals surface area contributed by atoms with Gasteiger partial charge in [0.1, 0.15) is 0 Å². The van der Waals surface area contributed by atoms with E-state index in [0.717, 1.165) is 22.2 Å². The fourth-order valence-corrected chi connectivity index (χ4v) is 1.70. The second-order valence-corrected chi connectivity index (χ2v) is 3.62. The average Bonchev–Trinajstić information content (AvgIpc) is 2.23. The Bertz CT molecular complexity index is 533. The molecule has 1 radical (unpaired) electrons. The van der Waals surface area contributed by atoms with E-state index in [4.69, 9.17) is 0 Å². The smallest absolute Gasteiger partial charge is 0.0491 e. The third kappa shape index (κ3) is 2.56. The molecule has 0 aliphatic carbocycles. The minimum atomic E-state index is 0. The normalized spacial score (nSPS) is 10.7. The molecule has 0 amide bonds. The van der Waals surface area contributed by atoms with Crippen LogP contribution in [0.3, 0.4) is 0 Å². The molecule has 0 aliphatic rings. The van der Waals surface area contributed by atoms with Gasteiger partial charge in [0.15, 0.2) is 0 Å². The van der Waals surface area contributed by atoms with Gasteiger partial charge in [0, 0.05) is 45.4 Å². The summed E-state index contributed by atoms with van der Waals surface area (Å²) < 4.78 is 0. The number of rotatable bonds is 1. The number of aryl methyl sites for hydroxylation is 2. The van der Waals surface area contributed by atoms with Crippen LogP contribution in [-0.2, 0) is 32.7 Å². The van der Waals surface area contributed by atoms with Crippen LogP contribution in [0.5, 0.6) is 0 Å². The molecule has 0 heterocycles. The molecule has 3 heteroatoms. The molecular weight excluding hydrogens is 273 g/mol. The van der Waals surface area contributed by atoms with Crippen LogP contribution in [0.1, 0.15) is 11.1 Å². The van der Waals surface area contributed by atoms with Crippen LogP contribution in [0.2, 0.25) is 0 Å². The fraction of sp³-hybridized carbons (Fsp3) is 0.231. The monoisotopic (exact) mass is 286 g/mol. The van der Waals surface area contributed by atoms with E-state index in [1.807, 2.05) is 13.0 Å². The van der Waals surface area contributed by atoms with Gasteiger partial charge in [0.25, 0.3) is 0 Å². The number of hydrogen-bond donors (Lipinski definition) is 0. The van der Waals surface area contributed by atoms with E-state index >= 15 is 0 Å². The summed E-state index contributed by atoms with van der Waals surface area (Å²) in [5.41, 5.74) is 3.21. The molecule has 79 valence electrons. The van der Waals surface area contributed by atoms with E-state index in [2.05, 4.69) is 41.4 Å². The number of azo groups is 1. The fourth-order valence-electron chi connectivity index (χ4n) is 1.70. The van der Waals surface area contributed by atoms with Crippen molar-refractivity contribution in [1.82, 2.24) is 0 Å². The molecule has 2 nitrogen and oxygen atoms in total. The Morgan fingerprint density at radius 2 is 1.75 bits per heavy atom. The Morgan fingerprint density at radius 3 is 2.44 bits per heavy atom. The summed E-state index contributed by atoms with van der Waals surface area (Å²) in [7, 11) is 1.68. The molecular formula is C13H13N2Y-. The van der Waals surface area contributed by atoms with E-state index in [1.165, 1.54) is 5.39 Å². The molecule has 0 saturated carbocycles. The second-order valence-electron chi connectivity index (χ2n) is 3.62. The summed E-state index contributed by atoms with van der Waals surface area (Å²) >= 11 is 0. The predicted octanol–water partition coefficient (Wildman–Crippen LogP) is 3.97. The van der Waals surface area contributed by atoms with Crippen LogP contribution in [0.25, 0.3) is 10.8 Å². The maximum atomic E-state index is 4.09. The zero-order valence-corrected chi connectivity index (χ0v) is 12.6. The summed E-state index contributed by atoms with van der Waals surface area (Å²) in [6.07, 6.45) is 0. The van der Waals surface area contributed by atoms with Crippen LogP contribution in [0.4, 0.5) is 5.69 Å². The first-order valence-electron chi connectivity index (χ1n) is 4.94. The first-order chi connectivity index (χ1) is 7.22. The molecule has 0 spiro atoms. The average molecular weight is 286 g/mol. The van der Waals surface area contributed by atoms with Crippen LogP contribution in [0.15, 0.2) is 34.5 Å². The Hall–Kier alpha value is -0.596. The first kappa shape index (κ1) is 13.5. The molecule has 0 aromatic heterocycles. The third-order valence-electron chi connectivity index (χ3n) is 2.51. The van der Waals surface area contributed by atoms with Gasteiger partial charge in [-0.15, -0.1) is 34.5 Å². The standard InChI is InChI=1S/C13H13N2.Y/c1-9-4-5-11-6-7-13(15-14-3)10(2)12(11)8-9;/h4-7H,1-3H3;/q-1;. The Kier molecular flexibility index (Phi) is 4.76. The van der Waals surface area contributed by atoms with Gasteiger partial charge in [-0.05, 0) is 0 Å². The zero-order chi connectivity index (χ0) is 10.8. The van der Waals surface area contributed by atoms with Gasteiger partial charge in [-0.1, -0.05) is 31.5 Å². The van der Waals surface area contributed by atoms with E-state index in [1.54, 1.807) is 7.05 Å². The van der Waals surface area contributed by atoms with E-state index in [-0.39, 0.29) is 32.7 Å². The summed E-state index contributed by atoms with van der Waals surface area (Å²) in [4.78, 5) is 0. The van der Waals surface area contributed by atoms with Gasteiger partial charge in [-0.25, -0.2) is 0 Å². The van der Waals surface area contributed by atoms with Crippen molar-refractivity contribution in [2.45, 2.75) is 13.8 Å². The van der Waals surface area contributed by atoms with Crippen molar-refractivity contribution in [1.29, 1.82) is 0 Å². The molecule has 2 rings (SSSR count). The van der Waals surface area contributed by atoms with E-state index in [9.17, 15) is 0 Å². The SMILES string of the molecule is CN=Nc1ccc2ccc(C)[c-]c2c1C.[Y]. The number of nitrogens with zero attached hydrogens (tertiary/aromatic N) is 2. The third-order valence-corrected chi connectivity index (χ3v) is 2.51. The largest absolute Gasteiger partial charge is 0.193 e. The van der Waals surface area contributed by atoms with E-state index in [0.29, 0.717) is 0 Å². The quantitative estimate of drug-likeness (QED) is 0.560. The molecule has 0 bridgehead atoms. The second kappa shape index (κ2) is 5.65. The van der Waals surface area contributed by atoms with E-state index < -0.39 is 0 Å². The maximum Gasteiger partial charge on any atom is 0.0491 e. The van der Waals surface area contributed by atoms with Crippen molar-refractivity contribution >= 4 is 16.5 Å². The zero-order valence-electron chi connectivity index (χ0n) is 9.78. The number of benzene rings is 2. The van der Waals surface area contributed by atoms with Crippen molar-refractivity contribution in [3.63, 3.8) is 0 Å². The number of fused-ring (bicyclic) bond motifs is 1. The van der Waals surface area contributed by atoms with Crippen LogP contribution in [-0.4, -0.2) is 7.05 Å². The van der Waals surface area contributed by atoms with Crippen molar-refractivity contribution < 1.29 is 32.7 Å². The molecule has 16 heavy (non-hydrogen) atoms. The van der Waals surface area contributed by atoms with Gasteiger partial charge in [0.2, 0.25) is 0 Å². The van der Waals surface area contributed by atoms with Crippen LogP contribution >= 0.6 is 0 Å². The minimum absolute atomic E-state index is 0. The van der Waals surface area contributed by atoms with Crippen molar-refractivity contribution in [3.05, 3.63) is 41.5 Å². The molecule has 0 fully saturated rings. The molecule has 0 saturated heterocycles. The van der Waals surface area contributed by atoms with Crippen molar-refractivity contribution in [3.8, 4) is 0 Å². The van der Waals surface area contributed by atoms with Crippen molar-refractivity contribution in [2.24, 2.45) is 10.2 Å². The van der Waals surface area contributed by atoms with Gasteiger partial charge >= 0.3 is 0 Å². The summed E-state index contributed by atoms with van der Waals surface area (Å²) in [6, 6.07) is 11.6. The Balaban J connectivity index is 0.00000128. The molecule has 0 unspecified atom stereocenters. The summed E-state index contributed by atoms with van der Waals surface area (Å²) in [5, 5.41) is 10.2. The molecule has 0 atom stereocenters. The first-order valence-corrected chi connectivity index (χ1v) is 4.94. The molecule has 2 aromatic rings. The van der Waals surface area contributed by atoms with Gasteiger partial charge in [-0.3, -0.25) is 0 Å². The Labute approximate surface area is 121 Å². The Morgan fingerprint density at radius 1 is 1.06 bits per heavy atom. The molecule has 2 aromatic carbocycles. The topological polar surface area (TPSA) is 24.7 Å². The van der Waals surface area contributed by atoms with Gasteiger partial charge in [-0.2, -0.15) is 10.2 Å². The van der Waals surface area contributed by atoms with Gasteiger partial charge < -0.3 is 0 Å². The molecule has 0 N–H and O–H groups in total. The summed E-state index contributed by atoms with van der Waals surface area (Å²) in [5.74, 6) is 0. The summed E-state index contributed by atoms with van der Waals surface area (Å²) in [6.45, 7) is 4.11. The van der Waals surface area contributed by atoms with Gasteiger partial charge in [0.05, 0.1) is 0 Å². The predicted molar refractivity (Wildman–Crippen MR) is 62.7 cm³/mol. The van der Waals surface area contributed by atoms with Crippen molar-refractivity contribution in [2.75, 3.05) is 7.05 Å². The van der Waals surface area contributed by atoms with Crippen LogP contribution < -0.4 is 0 Å². The minimum Gasteiger partial charge on any atom is -0.193 e. The van der Waals surface area contributed by atoms with Crippen LogP contribution in [0, 0.1) is 19.9 Å². The number of hydrogen-bond acceptors (Lipinski definition) is 2.